The molecular weight excluding hydrogens is 525 g/mol. The van der Waals surface area contributed by atoms with Gasteiger partial charge in [0.1, 0.15) is 11.5 Å². The second kappa shape index (κ2) is 11.7. The number of nitrogens with zero attached hydrogens (tertiary/aromatic N) is 4. The zero-order valence-corrected chi connectivity index (χ0v) is 23.0. The molecule has 0 spiro atoms. The van der Waals surface area contributed by atoms with Crippen LogP contribution in [0.15, 0.2) is 58.7 Å². The standard InChI is InChI=1S/C20H24Cl2N4O2P2S2/c1-5-20(2,29(31)25(3)23-14-16-6-10-18(27)11-7-16)28-19-12-8-17(9-13-19)15-24-26(4)30(21,22)32/h6-15H,5H2,1-4H3/p+1/b24-15+. The van der Waals surface area contributed by atoms with Gasteiger partial charge < -0.3 is 9.84 Å². The zero-order chi connectivity index (χ0) is 23.9. The Morgan fingerprint density at radius 3 is 2.06 bits per heavy atom. The molecule has 0 radical (unpaired) electrons. The van der Waals surface area contributed by atoms with Crippen LogP contribution < -0.4 is 4.74 Å². The molecule has 0 aliphatic heterocycles. The first kappa shape index (κ1) is 27.0. The van der Waals surface area contributed by atoms with Gasteiger partial charge in [-0.25, -0.2) is 4.78 Å². The van der Waals surface area contributed by atoms with Gasteiger partial charge in [0.05, 0.1) is 19.5 Å². The maximum absolute atomic E-state index is 9.40. The van der Waals surface area contributed by atoms with E-state index in [9.17, 15) is 5.11 Å². The van der Waals surface area contributed by atoms with Gasteiger partial charge in [0.15, 0.2) is 11.8 Å². The maximum Gasteiger partial charge on any atom is 0.358 e. The monoisotopic (exact) mass is 549 g/mol. The second-order valence-electron chi connectivity index (χ2n) is 6.97. The topological polar surface area (TPSA) is 60.7 Å². The Hall–Kier alpha value is -1.27. The van der Waals surface area contributed by atoms with E-state index in [1.165, 1.54) is 4.78 Å². The molecule has 2 aromatic rings. The Labute approximate surface area is 210 Å². The van der Waals surface area contributed by atoms with Gasteiger partial charge in [-0.05, 0) is 93.9 Å². The van der Waals surface area contributed by atoms with Crippen molar-refractivity contribution in [2.24, 2.45) is 10.2 Å². The number of hydrogen-bond donors (Lipinski definition) is 1. The highest BCUT2D eigenvalue weighted by Crippen LogP contribution is 2.59. The van der Waals surface area contributed by atoms with Crippen molar-refractivity contribution < 1.29 is 9.84 Å². The molecule has 6 nitrogen and oxygen atoms in total. The quantitative estimate of drug-likeness (QED) is 0.202. The maximum atomic E-state index is 9.40. The molecule has 0 saturated carbocycles. The van der Waals surface area contributed by atoms with E-state index in [0.717, 1.165) is 11.1 Å². The summed E-state index contributed by atoms with van der Waals surface area (Å²) in [5.41, 5.74) is 1.73. The first-order valence-corrected chi connectivity index (χ1v) is 16.4. The van der Waals surface area contributed by atoms with Crippen LogP contribution in [0.2, 0.25) is 0 Å². The molecule has 2 aromatic carbocycles. The first-order valence-electron chi connectivity index (χ1n) is 9.55. The van der Waals surface area contributed by atoms with E-state index in [1.807, 2.05) is 45.2 Å². The lowest BCUT2D eigenvalue weighted by molar-refractivity contribution is 0.171. The van der Waals surface area contributed by atoms with Crippen LogP contribution in [0.1, 0.15) is 31.4 Å². The van der Waals surface area contributed by atoms with Crippen molar-refractivity contribution in [3.8, 4) is 11.5 Å². The SMILES string of the molecule is CCC(C)(Oc1ccc(/C=N/N(C)P(=S)(Cl)Cl)cc1)[P+](=S)N(C)/N=C/c1ccc(O)cc1. The minimum atomic E-state index is -2.63. The fourth-order valence-electron chi connectivity index (χ4n) is 2.40. The van der Waals surface area contributed by atoms with Crippen LogP contribution >= 0.6 is 34.2 Å². The number of rotatable bonds is 10. The van der Waals surface area contributed by atoms with Crippen LogP contribution in [0.5, 0.6) is 11.5 Å². The smallest absolute Gasteiger partial charge is 0.358 e. The van der Waals surface area contributed by atoms with Gasteiger partial charge in [-0.3, -0.25) is 0 Å². The van der Waals surface area contributed by atoms with E-state index >= 15 is 0 Å². The largest absolute Gasteiger partial charge is 0.508 e. The van der Waals surface area contributed by atoms with Gasteiger partial charge in [0.2, 0.25) is 4.89 Å². The van der Waals surface area contributed by atoms with Gasteiger partial charge in [-0.1, -0.05) is 6.92 Å². The van der Waals surface area contributed by atoms with Gasteiger partial charge >= 0.3 is 6.85 Å². The number of benzene rings is 2. The first-order chi connectivity index (χ1) is 14.9. The van der Waals surface area contributed by atoms with E-state index in [0.29, 0.717) is 12.2 Å². The van der Waals surface area contributed by atoms with Crippen molar-refractivity contribution >= 4 is 70.3 Å². The molecule has 2 unspecified atom stereocenters. The molecule has 2 atom stereocenters. The number of phenols is 1. The van der Waals surface area contributed by atoms with Crippen LogP contribution in [0.4, 0.5) is 0 Å². The summed E-state index contributed by atoms with van der Waals surface area (Å²) in [5, 5.41) is 17.5. The lowest BCUT2D eigenvalue weighted by atomic mass is 10.2. The fraction of sp³-hybridized carbons (Fsp3) is 0.300. The summed E-state index contributed by atoms with van der Waals surface area (Å²) in [4.78, 5) is -2.63. The minimum absolute atomic E-state index is 0.213. The molecule has 1 N–H and O–H groups in total. The summed E-state index contributed by atoms with van der Waals surface area (Å²) in [6.45, 7) is 2.86. The summed E-state index contributed by atoms with van der Waals surface area (Å²) in [5.74, 6) is 0.915. The van der Waals surface area contributed by atoms with Crippen LogP contribution in [0, 0.1) is 0 Å². The van der Waals surface area contributed by atoms with Crippen LogP contribution in [-0.2, 0) is 23.6 Å². The number of hydrazone groups is 2. The van der Waals surface area contributed by atoms with Crippen molar-refractivity contribution in [1.29, 1.82) is 0 Å². The molecule has 0 aliphatic rings. The van der Waals surface area contributed by atoms with Crippen molar-refractivity contribution in [2.45, 2.75) is 25.6 Å². The second-order valence-corrected chi connectivity index (χ2v) is 17.8. The molecule has 0 aliphatic carbocycles. The zero-order valence-electron chi connectivity index (χ0n) is 18.1. The predicted molar refractivity (Wildman–Crippen MR) is 145 cm³/mol. The Balaban J connectivity index is 2.08. The predicted octanol–water partition coefficient (Wildman–Crippen LogP) is 6.69. The van der Waals surface area contributed by atoms with Crippen molar-refractivity contribution in [1.82, 2.24) is 9.56 Å². The van der Waals surface area contributed by atoms with Crippen LogP contribution in [-0.4, -0.2) is 46.5 Å². The van der Waals surface area contributed by atoms with Crippen molar-refractivity contribution in [3.05, 3.63) is 59.7 Å². The van der Waals surface area contributed by atoms with Crippen LogP contribution in [0.3, 0.4) is 0 Å². The molecule has 0 bridgehead atoms. The van der Waals surface area contributed by atoms with Crippen molar-refractivity contribution in [3.63, 3.8) is 0 Å². The fourth-order valence-corrected chi connectivity index (χ4v) is 4.77. The molecule has 32 heavy (non-hydrogen) atoms. The average Bonchev–Trinajstić information content (AvgIpc) is 2.76. The molecule has 12 heteroatoms. The molecule has 172 valence electrons. The lowest BCUT2D eigenvalue weighted by Gasteiger charge is -2.23. The summed E-state index contributed by atoms with van der Waals surface area (Å²) in [7, 11) is 3.49. The summed E-state index contributed by atoms with van der Waals surface area (Å²) >= 11 is 22.7. The summed E-state index contributed by atoms with van der Waals surface area (Å²) in [6, 6.07) is 14.3. The molecule has 0 heterocycles. The third kappa shape index (κ3) is 7.95. The number of ether oxygens (including phenoxy) is 1. The van der Waals surface area contributed by atoms with Gasteiger partial charge in [0, 0.05) is 20.4 Å². The average molecular weight is 550 g/mol. The third-order valence-electron chi connectivity index (χ3n) is 4.52. The normalized spacial score (nSPS) is 14.4. The molecular formula is C20H25Cl2N4O2P2S2+. The van der Waals surface area contributed by atoms with Gasteiger partial charge in [-0.15, -0.1) is 9.88 Å². The van der Waals surface area contributed by atoms with Gasteiger partial charge in [-0.2, -0.15) is 5.10 Å². The summed E-state index contributed by atoms with van der Waals surface area (Å²) in [6.07, 6.45) is 4.07. The Morgan fingerprint density at radius 2 is 1.56 bits per heavy atom. The van der Waals surface area contributed by atoms with E-state index < -0.39 is 17.1 Å². The number of halogens is 2. The Morgan fingerprint density at radius 1 is 1.06 bits per heavy atom. The lowest BCUT2D eigenvalue weighted by Crippen LogP contribution is -2.30. The molecule has 2 rings (SSSR count). The van der Waals surface area contributed by atoms with E-state index in [4.69, 9.17) is 50.8 Å². The highest BCUT2D eigenvalue weighted by molar-refractivity contribution is 8.37. The molecule has 0 amide bonds. The van der Waals surface area contributed by atoms with Crippen molar-refractivity contribution in [2.75, 3.05) is 14.1 Å². The van der Waals surface area contributed by atoms with E-state index in [2.05, 4.69) is 10.2 Å². The number of phenolic OH excluding ortho intramolecular Hbond substituents is 1. The Bertz CT molecular complexity index is 1030. The van der Waals surface area contributed by atoms with E-state index in [-0.39, 0.29) is 5.75 Å². The highest BCUT2D eigenvalue weighted by atomic mass is 35.9. The molecule has 0 fully saturated rings. The molecule has 0 saturated heterocycles. The highest BCUT2D eigenvalue weighted by Gasteiger charge is 2.44. The number of aromatic hydroxyl groups is 1. The summed E-state index contributed by atoms with van der Waals surface area (Å²) < 4.78 is 9.46. The van der Waals surface area contributed by atoms with Gasteiger partial charge in [0.25, 0.3) is 5.34 Å². The molecule has 0 aromatic heterocycles. The van der Waals surface area contributed by atoms with Crippen LogP contribution in [0.25, 0.3) is 0 Å². The van der Waals surface area contributed by atoms with E-state index in [1.54, 1.807) is 48.5 Å². The third-order valence-corrected chi connectivity index (χ3v) is 11.0. The minimum Gasteiger partial charge on any atom is -0.508 e. The number of hydrogen-bond acceptors (Lipinski definition) is 6. The Kier molecular flexibility index (Phi) is 9.89.